The molecule has 1 aromatic heterocycles. The van der Waals surface area contributed by atoms with Crippen LogP contribution in [0.15, 0.2) is 21.6 Å². The highest BCUT2D eigenvalue weighted by molar-refractivity contribution is 7.89. The lowest BCUT2D eigenvalue weighted by Gasteiger charge is -2.02. The molecule has 6 heteroatoms. The Bertz CT molecular complexity index is 466. The molecule has 16 heavy (non-hydrogen) atoms. The van der Waals surface area contributed by atoms with Crippen molar-refractivity contribution in [3.05, 3.63) is 17.9 Å². The fraction of sp³-hybridized carbons (Fsp3) is 0.600. The van der Waals surface area contributed by atoms with Crippen LogP contribution in [0.1, 0.15) is 19.1 Å². The summed E-state index contributed by atoms with van der Waals surface area (Å²) in [6, 6.07) is 3.23. The largest absolute Gasteiger partial charge is 0.447 e. The highest BCUT2D eigenvalue weighted by Crippen LogP contribution is 2.30. The topological polar surface area (TPSA) is 71.3 Å². The number of rotatable bonds is 5. The standard InChI is InChI=1S/C10H16N2O3S/c1-7-5-9(7)12-16(13,14)10-4-3-8(15-10)6-11-2/h3-4,7,9,11-12H,5-6H2,1-2H3. The Labute approximate surface area is 95.3 Å². The summed E-state index contributed by atoms with van der Waals surface area (Å²) in [6.45, 7) is 2.54. The zero-order chi connectivity index (χ0) is 11.8. The van der Waals surface area contributed by atoms with Crippen LogP contribution in [-0.2, 0) is 16.6 Å². The molecule has 1 aliphatic rings. The van der Waals surface area contributed by atoms with Crippen LogP contribution in [0.3, 0.4) is 0 Å². The van der Waals surface area contributed by atoms with Gasteiger partial charge in [0.25, 0.3) is 10.0 Å². The maximum absolute atomic E-state index is 11.8. The first kappa shape index (κ1) is 11.6. The van der Waals surface area contributed by atoms with E-state index in [0.717, 1.165) is 6.42 Å². The van der Waals surface area contributed by atoms with Crippen LogP contribution in [0.4, 0.5) is 0 Å². The van der Waals surface area contributed by atoms with Crippen molar-refractivity contribution >= 4 is 10.0 Å². The van der Waals surface area contributed by atoms with Gasteiger partial charge in [0, 0.05) is 6.04 Å². The molecule has 1 fully saturated rings. The lowest BCUT2D eigenvalue weighted by Crippen LogP contribution is -2.26. The third-order valence-corrected chi connectivity index (χ3v) is 4.03. The Kier molecular flexibility index (Phi) is 3.05. The molecule has 0 aromatic carbocycles. The van der Waals surface area contributed by atoms with E-state index in [-0.39, 0.29) is 11.1 Å². The van der Waals surface area contributed by atoms with Crippen molar-refractivity contribution in [2.75, 3.05) is 7.05 Å². The second-order valence-corrected chi connectivity index (χ2v) is 5.84. The summed E-state index contributed by atoms with van der Waals surface area (Å²) in [7, 11) is -1.69. The zero-order valence-corrected chi connectivity index (χ0v) is 10.2. The third-order valence-electron chi connectivity index (χ3n) is 2.67. The number of furan rings is 1. The fourth-order valence-electron chi connectivity index (χ4n) is 1.52. The Balaban J connectivity index is 2.09. The third kappa shape index (κ3) is 2.45. The maximum Gasteiger partial charge on any atom is 0.274 e. The first-order valence-electron chi connectivity index (χ1n) is 5.28. The molecule has 1 aromatic rings. The van der Waals surface area contributed by atoms with Gasteiger partial charge in [-0.2, -0.15) is 0 Å². The summed E-state index contributed by atoms with van der Waals surface area (Å²) in [6.07, 6.45) is 0.906. The first-order valence-corrected chi connectivity index (χ1v) is 6.77. The molecular formula is C10H16N2O3S. The van der Waals surface area contributed by atoms with Crippen molar-refractivity contribution in [1.82, 2.24) is 10.0 Å². The smallest absolute Gasteiger partial charge is 0.274 e. The molecule has 0 aliphatic heterocycles. The number of sulfonamides is 1. The molecule has 0 spiro atoms. The van der Waals surface area contributed by atoms with Gasteiger partial charge in [-0.25, -0.2) is 13.1 Å². The predicted molar refractivity (Wildman–Crippen MR) is 59.4 cm³/mol. The van der Waals surface area contributed by atoms with Gasteiger partial charge in [0.2, 0.25) is 5.09 Å². The van der Waals surface area contributed by atoms with Crippen molar-refractivity contribution in [3.63, 3.8) is 0 Å². The highest BCUT2D eigenvalue weighted by Gasteiger charge is 2.37. The molecular weight excluding hydrogens is 228 g/mol. The zero-order valence-electron chi connectivity index (χ0n) is 9.36. The minimum Gasteiger partial charge on any atom is -0.447 e. The minimum atomic E-state index is -3.47. The summed E-state index contributed by atoms with van der Waals surface area (Å²) >= 11 is 0. The van der Waals surface area contributed by atoms with Gasteiger partial charge in [-0.05, 0) is 31.5 Å². The molecule has 1 aliphatic carbocycles. The van der Waals surface area contributed by atoms with E-state index in [0.29, 0.717) is 18.2 Å². The van der Waals surface area contributed by atoms with Gasteiger partial charge in [-0.3, -0.25) is 0 Å². The van der Waals surface area contributed by atoms with Gasteiger partial charge in [0.15, 0.2) is 0 Å². The molecule has 2 rings (SSSR count). The molecule has 0 bridgehead atoms. The maximum atomic E-state index is 11.8. The van der Waals surface area contributed by atoms with Crippen LogP contribution >= 0.6 is 0 Å². The van der Waals surface area contributed by atoms with Crippen LogP contribution < -0.4 is 10.0 Å². The van der Waals surface area contributed by atoms with Gasteiger partial charge in [-0.15, -0.1) is 0 Å². The Hall–Kier alpha value is -0.850. The average molecular weight is 244 g/mol. The van der Waals surface area contributed by atoms with Crippen molar-refractivity contribution in [1.29, 1.82) is 0 Å². The molecule has 2 atom stereocenters. The van der Waals surface area contributed by atoms with E-state index in [9.17, 15) is 8.42 Å². The number of hydrogen-bond acceptors (Lipinski definition) is 4. The van der Waals surface area contributed by atoms with Crippen LogP contribution in [0.25, 0.3) is 0 Å². The van der Waals surface area contributed by atoms with Crippen LogP contribution in [0.2, 0.25) is 0 Å². The number of nitrogens with one attached hydrogen (secondary N) is 2. The van der Waals surface area contributed by atoms with E-state index < -0.39 is 10.0 Å². The fourth-order valence-corrected chi connectivity index (χ4v) is 2.82. The Morgan fingerprint density at radius 3 is 2.75 bits per heavy atom. The van der Waals surface area contributed by atoms with E-state index >= 15 is 0 Å². The second-order valence-electron chi connectivity index (χ2n) is 4.19. The molecule has 90 valence electrons. The molecule has 1 saturated carbocycles. The van der Waals surface area contributed by atoms with E-state index in [1.807, 2.05) is 6.92 Å². The van der Waals surface area contributed by atoms with Crippen LogP contribution in [0, 0.1) is 5.92 Å². The van der Waals surface area contributed by atoms with Gasteiger partial charge < -0.3 is 9.73 Å². The quantitative estimate of drug-likeness (QED) is 0.799. The molecule has 1 heterocycles. The van der Waals surface area contributed by atoms with Crippen LogP contribution in [0.5, 0.6) is 0 Å². The molecule has 2 N–H and O–H groups in total. The molecule has 2 unspecified atom stereocenters. The van der Waals surface area contributed by atoms with E-state index in [4.69, 9.17) is 4.42 Å². The average Bonchev–Trinajstić information content (AvgIpc) is 2.71. The van der Waals surface area contributed by atoms with E-state index in [1.165, 1.54) is 6.07 Å². The molecule has 0 saturated heterocycles. The van der Waals surface area contributed by atoms with Crippen molar-refractivity contribution in [2.24, 2.45) is 5.92 Å². The normalized spacial score (nSPS) is 24.6. The molecule has 0 radical (unpaired) electrons. The van der Waals surface area contributed by atoms with Crippen molar-refractivity contribution in [2.45, 2.75) is 31.0 Å². The number of hydrogen-bond donors (Lipinski definition) is 2. The predicted octanol–water partition coefficient (Wildman–Crippen LogP) is 0.686. The van der Waals surface area contributed by atoms with E-state index in [1.54, 1.807) is 13.1 Å². The highest BCUT2D eigenvalue weighted by atomic mass is 32.2. The summed E-state index contributed by atoms with van der Waals surface area (Å²) in [5, 5.41) is 2.90. The van der Waals surface area contributed by atoms with E-state index in [2.05, 4.69) is 10.0 Å². The monoisotopic (exact) mass is 244 g/mol. The van der Waals surface area contributed by atoms with Gasteiger partial charge in [-0.1, -0.05) is 6.92 Å². The summed E-state index contributed by atoms with van der Waals surface area (Å²) < 4.78 is 31.5. The van der Waals surface area contributed by atoms with Gasteiger partial charge in [0.05, 0.1) is 6.54 Å². The summed E-state index contributed by atoms with van der Waals surface area (Å²) in [4.78, 5) is 0. The van der Waals surface area contributed by atoms with Gasteiger partial charge >= 0.3 is 0 Å². The Morgan fingerprint density at radius 2 is 2.19 bits per heavy atom. The molecule has 5 nitrogen and oxygen atoms in total. The first-order chi connectivity index (χ1) is 7.53. The van der Waals surface area contributed by atoms with Gasteiger partial charge in [0.1, 0.15) is 5.76 Å². The Morgan fingerprint density at radius 1 is 1.50 bits per heavy atom. The summed E-state index contributed by atoms with van der Waals surface area (Å²) in [5.41, 5.74) is 0. The van der Waals surface area contributed by atoms with Crippen molar-refractivity contribution < 1.29 is 12.8 Å². The minimum absolute atomic E-state index is 0.00292. The second kappa shape index (κ2) is 4.20. The van der Waals surface area contributed by atoms with Crippen molar-refractivity contribution in [3.8, 4) is 0 Å². The lowest BCUT2D eigenvalue weighted by molar-refractivity contribution is 0.404. The SMILES string of the molecule is CNCc1ccc(S(=O)(=O)NC2CC2C)o1. The van der Waals surface area contributed by atoms with Crippen LogP contribution in [-0.4, -0.2) is 21.5 Å². The summed E-state index contributed by atoms with van der Waals surface area (Å²) in [5.74, 6) is 1.05. The molecule has 0 amide bonds. The lowest BCUT2D eigenvalue weighted by atomic mass is 10.4.